The van der Waals surface area contributed by atoms with Gasteiger partial charge in [0.05, 0.1) is 19.3 Å². The van der Waals surface area contributed by atoms with Crippen LogP contribution in [0.4, 0.5) is 5.69 Å². The van der Waals surface area contributed by atoms with Crippen molar-refractivity contribution >= 4 is 11.3 Å². The number of nitrogens with zero attached hydrogens (tertiary/aromatic N) is 3. The van der Waals surface area contributed by atoms with E-state index < -0.39 is 0 Å². The summed E-state index contributed by atoms with van der Waals surface area (Å²) < 4.78 is 8.43. The third-order valence-electron chi connectivity index (χ3n) is 4.39. The molecule has 0 aliphatic rings. The van der Waals surface area contributed by atoms with Crippen molar-refractivity contribution < 1.29 is 9.94 Å². The van der Waals surface area contributed by atoms with Crippen LogP contribution in [0.3, 0.4) is 0 Å². The van der Waals surface area contributed by atoms with E-state index in [2.05, 4.69) is 10.6 Å². The van der Waals surface area contributed by atoms with Gasteiger partial charge in [-0.25, -0.2) is 9.48 Å². The highest BCUT2D eigenvalue weighted by atomic mass is 16.5. The van der Waals surface area contributed by atoms with Crippen LogP contribution in [0.25, 0.3) is 16.8 Å². The van der Waals surface area contributed by atoms with E-state index in [0.29, 0.717) is 23.6 Å². The number of hydrogen-bond acceptors (Lipinski definition) is 5. The standard InChI is InChI=1S/C20H18N4O3/c1-27-18-9-8-14(11-17(18)15-5-4-6-16(12-15)22-26)13-24-20(25)23-10-3-2-7-19(23)21-24/h2-12,22,26H,13H2,1H3. The number of anilines is 1. The lowest BCUT2D eigenvalue weighted by atomic mass is 10.0. The molecule has 27 heavy (non-hydrogen) atoms. The summed E-state index contributed by atoms with van der Waals surface area (Å²) in [5.41, 5.74) is 5.82. The van der Waals surface area contributed by atoms with Gasteiger partial charge in [-0.3, -0.25) is 15.1 Å². The second kappa shape index (κ2) is 6.97. The third kappa shape index (κ3) is 3.16. The highest BCUT2D eigenvalue weighted by Crippen LogP contribution is 2.32. The Kier molecular flexibility index (Phi) is 4.35. The van der Waals surface area contributed by atoms with Crippen molar-refractivity contribution in [1.82, 2.24) is 14.2 Å². The van der Waals surface area contributed by atoms with Gasteiger partial charge in [0.25, 0.3) is 0 Å². The molecule has 2 aromatic heterocycles. The molecule has 4 aromatic rings. The van der Waals surface area contributed by atoms with Gasteiger partial charge in [0.15, 0.2) is 5.65 Å². The number of methoxy groups -OCH3 is 1. The lowest BCUT2D eigenvalue weighted by molar-refractivity contribution is 0.389. The van der Waals surface area contributed by atoms with Gasteiger partial charge in [-0.05, 0) is 47.5 Å². The number of nitrogens with one attached hydrogen (secondary N) is 1. The van der Waals surface area contributed by atoms with E-state index in [9.17, 15) is 4.79 Å². The number of rotatable bonds is 5. The fourth-order valence-electron chi connectivity index (χ4n) is 3.08. The van der Waals surface area contributed by atoms with Crippen molar-refractivity contribution in [1.29, 1.82) is 0 Å². The maximum absolute atomic E-state index is 12.5. The van der Waals surface area contributed by atoms with Crippen molar-refractivity contribution in [3.63, 3.8) is 0 Å². The quantitative estimate of drug-likeness (QED) is 0.534. The van der Waals surface area contributed by atoms with E-state index in [0.717, 1.165) is 16.7 Å². The van der Waals surface area contributed by atoms with Gasteiger partial charge in [0.1, 0.15) is 5.75 Å². The molecular formula is C20H18N4O3. The fraction of sp³-hybridized carbons (Fsp3) is 0.100. The van der Waals surface area contributed by atoms with Gasteiger partial charge >= 0.3 is 5.69 Å². The van der Waals surface area contributed by atoms with E-state index in [1.807, 2.05) is 42.5 Å². The van der Waals surface area contributed by atoms with Crippen molar-refractivity contribution in [3.8, 4) is 16.9 Å². The first-order valence-corrected chi connectivity index (χ1v) is 8.41. The summed E-state index contributed by atoms with van der Waals surface area (Å²) in [7, 11) is 1.61. The largest absolute Gasteiger partial charge is 0.496 e. The van der Waals surface area contributed by atoms with Gasteiger partial charge in [0.2, 0.25) is 0 Å². The van der Waals surface area contributed by atoms with Crippen LogP contribution >= 0.6 is 0 Å². The Bertz CT molecular complexity index is 1160. The van der Waals surface area contributed by atoms with Crippen LogP contribution in [0, 0.1) is 0 Å². The van der Waals surface area contributed by atoms with Gasteiger partial charge in [-0.1, -0.05) is 24.3 Å². The molecule has 0 aliphatic carbocycles. The van der Waals surface area contributed by atoms with E-state index in [4.69, 9.17) is 9.94 Å². The topological polar surface area (TPSA) is 80.8 Å². The molecule has 0 unspecified atom stereocenters. The average Bonchev–Trinajstić information content (AvgIpc) is 3.03. The van der Waals surface area contributed by atoms with Crippen molar-refractivity contribution in [3.05, 3.63) is 82.9 Å². The number of pyridine rings is 1. The first-order chi connectivity index (χ1) is 13.2. The molecule has 0 radical (unpaired) electrons. The predicted octanol–water partition coefficient (Wildman–Crippen LogP) is 3.02. The predicted molar refractivity (Wildman–Crippen MR) is 102 cm³/mol. The summed E-state index contributed by atoms with van der Waals surface area (Å²) in [6, 6.07) is 18.5. The average molecular weight is 362 g/mol. The number of ether oxygens (including phenoxy) is 1. The Balaban J connectivity index is 1.75. The molecule has 0 aliphatic heterocycles. The molecule has 7 heteroatoms. The van der Waals surface area contributed by atoms with Crippen LogP contribution in [0.1, 0.15) is 5.56 Å². The normalized spacial score (nSPS) is 10.9. The molecule has 2 heterocycles. The first-order valence-electron chi connectivity index (χ1n) is 8.41. The maximum atomic E-state index is 12.5. The maximum Gasteiger partial charge on any atom is 0.350 e. The highest BCUT2D eigenvalue weighted by Gasteiger charge is 2.11. The van der Waals surface area contributed by atoms with Crippen LogP contribution in [0.15, 0.2) is 71.7 Å². The number of benzene rings is 2. The lowest BCUT2D eigenvalue weighted by Gasteiger charge is -2.12. The van der Waals surface area contributed by atoms with Gasteiger partial charge in [0, 0.05) is 11.8 Å². The van der Waals surface area contributed by atoms with E-state index >= 15 is 0 Å². The molecule has 0 saturated heterocycles. The minimum Gasteiger partial charge on any atom is -0.496 e. The molecule has 7 nitrogen and oxygen atoms in total. The van der Waals surface area contributed by atoms with E-state index in [1.54, 1.807) is 31.5 Å². The third-order valence-corrected chi connectivity index (χ3v) is 4.39. The van der Waals surface area contributed by atoms with Crippen molar-refractivity contribution in [2.24, 2.45) is 0 Å². The molecule has 0 amide bonds. The number of hydrogen-bond donors (Lipinski definition) is 2. The molecule has 0 bridgehead atoms. The van der Waals surface area contributed by atoms with Gasteiger partial charge < -0.3 is 4.74 Å². The number of aromatic nitrogens is 3. The summed E-state index contributed by atoms with van der Waals surface area (Å²) in [5.74, 6) is 0.705. The molecule has 4 rings (SSSR count). The van der Waals surface area contributed by atoms with Gasteiger partial charge in [-0.2, -0.15) is 0 Å². The Morgan fingerprint density at radius 3 is 2.78 bits per heavy atom. The summed E-state index contributed by atoms with van der Waals surface area (Å²) in [6.45, 7) is 0.343. The smallest absolute Gasteiger partial charge is 0.350 e. The summed E-state index contributed by atoms with van der Waals surface area (Å²) in [4.78, 5) is 12.5. The zero-order chi connectivity index (χ0) is 18.8. The van der Waals surface area contributed by atoms with Gasteiger partial charge in [-0.15, -0.1) is 5.10 Å². The van der Waals surface area contributed by atoms with E-state index in [1.165, 1.54) is 9.08 Å². The summed E-state index contributed by atoms with van der Waals surface area (Å²) in [6.07, 6.45) is 1.70. The zero-order valence-corrected chi connectivity index (χ0v) is 14.7. The SMILES string of the molecule is COc1ccc(Cn2nc3ccccn3c2=O)cc1-c1cccc(NO)c1. The first kappa shape index (κ1) is 16.9. The van der Waals surface area contributed by atoms with Crippen LogP contribution < -0.4 is 15.9 Å². The summed E-state index contributed by atoms with van der Waals surface area (Å²) >= 11 is 0. The van der Waals surface area contributed by atoms with Crippen LogP contribution in [-0.2, 0) is 6.54 Å². The number of fused-ring (bicyclic) bond motifs is 1. The molecule has 2 N–H and O–H groups in total. The minimum absolute atomic E-state index is 0.186. The Morgan fingerprint density at radius 2 is 2.00 bits per heavy atom. The minimum atomic E-state index is -0.186. The zero-order valence-electron chi connectivity index (χ0n) is 14.7. The van der Waals surface area contributed by atoms with Crippen LogP contribution in [0.2, 0.25) is 0 Å². The van der Waals surface area contributed by atoms with E-state index in [-0.39, 0.29) is 5.69 Å². The molecule has 0 fully saturated rings. The second-order valence-corrected chi connectivity index (χ2v) is 6.10. The Labute approximate surface area is 155 Å². The second-order valence-electron chi connectivity index (χ2n) is 6.10. The van der Waals surface area contributed by atoms with Crippen LogP contribution in [-0.4, -0.2) is 26.5 Å². The van der Waals surface area contributed by atoms with Crippen molar-refractivity contribution in [2.75, 3.05) is 12.6 Å². The molecule has 136 valence electrons. The van der Waals surface area contributed by atoms with Crippen LogP contribution in [0.5, 0.6) is 5.75 Å². The highest BCUT2D eigenvalue weighted by molar-refractivity contribution is 5.74. The lowest BCUT2D eigenvalue weighted by Crippen LogP contribution is -2.21. The molecular weight excluding hydrogens is 344 g/mol. The molecule has 0 saturated carbocycles. The summed E-state index contributed by atoms with van der Waals surface area (Å²) in [5, 5.41) is 13.5. The molecule has 0 atom stereocenters. The molecule has 0 spiro atoms. The molecule has 2 aromatic carbocycles. The Morgan fingerprint density at radius 1 is 1.11 bits per heavy atom. The fourth-order valence-corrected chi connectivity index (χ4v) is 3.08. The monoisotopic (exact) mass is 362 g/mol. The Hall–Kier alpha value is -3.58. The van der Waals surface area contributed by atoms with Crippen molar-refractivity contribution in [2.45, 2.75) is 6.54 Å².